The van der Waals surface area contributed by atoms with Crippen LogP contribution in [-0.4, -0.2) is 22.8 Å². The molecule has 0 bridgehead atoms. The Balaban J connectivity index is 2.11. The van der Waals surface area contributed by atoms with Gasteiger partial charge in [0.05, 0.1) is 6.54 Å². The molecular formula is C12H11BrN2O3. The zero-order valence-corrected chi connectivity index (χ0v) is 11.2. The van der Waals surface area contributed by atoms with Crippen LogP contribution < -0.4 is 5.56 Å². The number of hydrogen-bond acceptors (Lipinski definition) is 3. The van der Waals surface area contributed by atoms with E-state index in [2.05, 4.69) is 20.9 Å². The van der Waals surface area contributed by atoms with Crippen LogP contribution in [0, 0.1) is 0 Å². The van der Waals surface area contributed by atoms with Gasteiger partial charge in [0.1, 0.15) is 5.76 Å². The number of rotatable bonds is 3. The highest BCUT2D eigenvalue weighted by Gasteiger charge is 2.13. The van der Waals surface area contributed by atoms with E-state index in [4.69, 9.17) is 4.42 Å². The largest absolute Gasteiger partial charge is 0.452 e. The number of hydrogen-bond donors (Lipinski definition) is 1. The number of carbonyl (C=O) groups is 1. The van der Waals surface area contributed by atoms with Gasteiger partial charge in [-0.05, 0) is 34.1 Å². The SMILES string of the molecule is CN(Cc1ccc(Br)o1)C(=O)c1cc[nH]c(=O)c1. The monoisotopic (exact) mass is 310 g/mol. The molecule has 1 N–H and O–H groups in total. The standard InChI is InChI=1S/C12H11BrN2O3/c1-15(7-9-2-3-10(13)18-9)12(17)8-4-5-14-11(16)6-8/h2-6H,7H2,1H3,(H,14,16). The molecular weight excluding hydrogens is 300 g/mol. The van der Waals surface area contributed by atoms with E-state index >= 15 is 0 Å². The summed E-state index contributed by atoms with van der Waals surface area (Å²) in [5, 5.41) is 0. The molecule has 0 aliphatic heterocycles. The Hall–Kier alpha value is -1.82. The first kappa shape index (κ1) is 12.6. The van der Waals surface area contributed by atoms with Crippen LogP contribution in [-0.2, 0) is 6.54 Å². The minimum Gasteiger partial charge on any atom is -0.452 e. The first-order chi connectivity index (χ1) is 8.56. The molecule has 94 valence electrons. The highest BCUT2D eigenvalue weighted by molar-refractivity contribution is 9.10. The van der Waals surface area contributed by atoms with Gasteiger partial charge in [0.15, 0.2) is 4.67 Å². The van der Waals surface area contributed by atoms with Crippen molar-refractivity contribution in [3.63, 3.8) is 0 Å². The van der Waals surface area contributed by atoms with E-state index in [1.807, 2.05) is 0 Å². The lowest BCUT2D eigenvalue weighted by Crippen LogP contribution is -2.27. The Morgan fingerprint density at radius 3 is 2.83 bits per heavy atom. The van der Waals surface area contributed by atoms with Crippen LogP contribution in [0.1, 0.15) is 16.1 Å². The summed E-state index contributed by atoms with van der Waals surface area (Å²) >= 11 is 3.20. The Morgan fingerprint density at radius 1 is 1.44 bits per heavy atom. The second-order valence-electron chi connectivity index (χ2n) is 3.81. The third-order valence-corrected chi connectivity index (χ3v) is 2.82. The summed E-state index contributed by atoms with van der Waals surface area (Å²) in [6.45, 7) is 0.344. The van der Waals surface area contributed by atoms with Crippen molar-refractivity contribution in [2.45, 2.75) is 6.54 Å². The van der Waals surface area contributed by atoms with Gasteiger partial charge in [0, 0.05) is 24.9 Å². The Labute approximate surface area is 112 Å². The molecule has 6 heteroatoms. The maximum atomic E-state index is 12.0. The van der Waals surface area contributed by atoms with Crippen molar-refractivity contribution in [1.29, 1.82) is 0 Å². The van der Waals surface area contributed by atoms with Gasteiger partial charge in [-0.15, -0.1) is 0 Å². The lowest BCUT2D eigenvalue weighted by Gasteiger charge is -2.15. The zero-order valence-electron chi connectivity index (χ0n) is 9.64. The fraction of sp³-hybridized carbons (Fsp3) is 0.167. The molecule has 2 aromatic rings. The summed E-state index contributed by atoms with van der Waals surface area (Å²) in [7, 11) is 1.65. The average molecular weight is 311 g/mol. The van der Waals surface area contributed by atoms with Crippen molar-refractivity contribution < 1.29 is 9.21 Å². The summed E-state index contributed by atoms with van der Waals surface area (Å²) in [6.07, 6.45) is 1.45. The number of nitrogens with zero attached hydrogens (tertiary/aromatic N) is 1. The van der Waals surface area contributed by atoms with E-state index in [9.17, 15) is 9.59 Å². The molecule has 0 radical (unpaired) electrons. The average Bonchev–Trinajstić information content (AvgIpc) is 2.73. The minimum atomic E-state index is -0.296. The number of pyridine rings is 1. The molecule has 0 aromatic carbocycles. The number of nitrogens with one attached hydrogen (secondary N) is 1. The predicted molar refractivity (Wildman–Crippen MR) is 69.3 cm³/mol. The molecule has 5 nitrogen and oxygen atoms in total. The topological polar surface area (TPSA) is 66.3 Å². The molecule has 0 saturated carbocycles. The highest BCUT2D eigenvalue weighted by atomic mass is 79.9. The molecule has 0 spiro atoms. The van der Waals surface area contributed by atoms with Gasteiger partial charge in [-0.25, -0.2) is 0 Å². The normalized spacial score (nSPS) is 10.3. The molecule has 2 rings (SSSR count). The number of aromatic nitrogens is 1. The van der Waals surface area contributed by atoms with Crippen LogP contribution in [0.4, 0.5) is 0 Å². The molecule has 0 aliphatic carbocycles. The molecule has 18 heavy (non-hydrogen) atoms. The van der Waals surface area contributed by atoms with Crippen LogP contribution in [0.2, 0.25) is 0 Å². The predicted octanol–water partition coefficient (Wildman–Crippen LogP) is 2.00. The van der Waals surface area contributed by atoms with E-state index in [0.29, 0.717) is 22.5 Å². The summed E-state index contributed by atoms with van der Waals surface area (Å²) in [4.78, 5) is 27.1. The molecule has 0 unspecified atom stereocenters. The van der Waals surface area contributed by atoms with Crippen molar-refractivity contribution in [2.75, 3.05) is 7.05 Å². The van der Waals surface area contributed by atoms with Crippen LogP contribution in [0.5, 0.6) is 0 Å². The highest BCUT2D eigenvalue weighted by Crippen LogP contribution is 2.15. The lowest BCUT2D eigenvalue weighted by molar-refractivity contribution is 0.0775. The second kappa shape index (κ2) is 5.22. The number of halogens is 1. The smallest absolute Gasteiger partial charge is 0.254 e. The maximum Gasteiger partial charge on any atom is 0.254 e. The number of amides is 1. The first-order valence-electron chi connectivity index (χ1n) is 5.24. The Morgan fingerprint density at radius 2 is 2.22 bits per heavy atom. The zero-order chi connectivity index (χ0) is 13.1. The van der Waals surface area contributed by atoms with Crippen molar-refractivity contribution >= 4 is 21.8 Å². The Bertz CT molecular complexity index is 618. The van der Waals surface area contributed by atoms with Crippen LogP contribution in [0.15, 0.2) is 44.3 Å². The maximum absolute atomic E-state index is 12.0. The number of carbonyl (C=O) groups excluding carboxylic acids is 1. The summed E-state index contributed by atoms with van der Waals surface area (Å²) in [6, 6.07) is 6.39. The van der Waals surface area contributed by atoms with Gasteiger partial charge in [-0.1, -0.05) is 0 Å². The van der Waals surface area contributed by atoms with E-state index in [0.717, 1.165) is 0 Å². The van der Waals surface area contributed by atoms with Gasteiger partial charge < -0.3 is 14.3 Å². The van der Waals surface area contributed by atoms with Crippen LogP contribution in [0.3, 0.4) is 0 Å². The van der Waals surface area contributed by atoms with Crippen LogP contribution >= 0.6 is 15.9 Å². The molecule has 0 fully saturated rings. The summed E-state index contributed by atoms with van der Waals surface area (Å²) < 4.78 is 5.94. The molecule has 0 atom stereocenters. The minimum absolute atomic E-state index is 0.228. The first-order valence-corrected chi connectivity index (χ1v) is 6.04. The van der Waals surface area contributed by atoms with Crippen LogP contribution in [0.25, 0.3) is 0 Å². The second-order valence-corrected chi connectivity index (χ2v) is 4.59. The van der Waals surface area contributed by atoms with Gasteiger partial charge in [0.25, 0.3) is 5.91 Å². The van der Waals surface area contributed by atoms with Crippen molar-refractivity contribution in [1.82, 2.24) is 9.88 Å². The van der Waals surface area contributed by atoms with Gasteiger partial charge in [-0.3, -0.25) is 9.59 Å². The van der Waals surface area contributed by atoms with E-state index < -0.39 is 0 Å². The van der Waals surface area contributed by atoms with E-state index in [1.165, 1.54) is 17.2 Å². The van der Waals surface area contributed by atoms with E-state index in [1.54, 1.807) is 25.2 Å². The van der Waals surface area contributed by atoms with Crippen molar-refractivity contribution in [3.8, 4) is 0 Å². The molecule has 2 aromatic heterocycles. The van der Waals surface area contributed by atoms with Gasteiger partial charge in [-0.2, -0.15) is 0 Å². The summed E-state index contributed by atoms with van der Waals surface area (Å²) in [5.41, 5.74) is 0.0573. The van der Waals surface area contributed by atoms with Crippen molar-refractivity contribution in [3.05, 3.63) is 56.8 Å². The fourth-order valence-corrected chi connectivity index (χ4v) is 1.88. The quantitative estimate of drug-likeness (QED) is 0.943. The summed E-state index contributed by atoms with van der Waals surface area (Å²) in [5.74, 6) is 0.441. The fourth-order valence-electron chi connectivity index (χ4n) is 1.54. The van der Waals surface area contributed by atoms with E-state index in [-0.39, 0.29) is 11.5 Å². The Kier molecular flexibility index (Phi) is 3.66. The number of aromatic amines is 1. The number of furan rings is 1. The molecule has 0 saturated heterocycles. The molecule has 2 heterocycles. The third kappa shape index (κ3) is 2.89. The lowest BCUT2D eigenvalue weighted by atomic mass is 10.2. The van der Waals surface area contributed by atoms with Gasteiger partial charge in [0.2, 0.25) is 5.56 Å². The van der Waals surface area contributed by atoms with Crippen molar-refractivity contribution in [2.24, 2.45) is 0 Å². The third-order valence-electron chi connectivity index (χ3n) is 2.39. The molecule has 1 amide bonds. The molecule has 0 aliphatic rings. The number of H-pyrrole nitrogens is 1. The van der Waals surface area contributed by atoms with Gasteiger partial charge >= 0.3 is 0 Å².